The molecule has 0 radical (unpaired) electrons. The van der Waals surface area contributed by atoms with Crippen LogP contribution in [0.25, 0.3) is 0 Å². The molecular weight excluding hydrogens is 152 g/mol. The molecule has 0 amide bonds. The molecule has 2 N–H and O–H groups in total. The van der Waals surface area contributed by atoms with Gasteiger partial charge in [-0.2, -0.15) is 0 Å². The largest absolute Gasteiger partial charge is 0.391 e. The van der Waals surface area contributed by atoms with Gasteiger partial charge in [-0.15, -0.1) is 0 Å². The Hall–Kier alpha value is -0.570. The summed E-state index contributed by atoms with van der Waals surface area (Å²) in [5.41, 5.74) is 6.65. The molecule has 0 aromatic rings. The maximum atomic E-state index is 5.45. The highest BCUT2D eigenvalue weighted by Gasteiger charge is 2.18. The van der Waals surface area contributed by atoms with Crippen LogP contribution < -0.4 is 5.73 Å². The summed E-state index contributed by atoms with van der Waals surface area (Å²) in [4.78, 5) is 5.11. The molecule has 3 nitrogen and oxygen atoms in total. The topological polar surface area (TPSA) is 47.6 Å². The Morgan fingerprint density at radius 1 is 1.58 bits per heavy atom. The lowest BCUT2D eigenvalue weighted by atomic mass is 10.1. The Balaban J connectivity index is 2.10. The number of hydrogen-bond donors (Lipinski definition) is 1. The van der Waals surface area contributed by atoms with Crippen molar-refractivity contribution >= 4 is 5.71 Å². The molecule has 0 bridgehead atoms. The summed E-state index contributed by atoms with van der Waals surface area (Å²) in [7, 11) is 0. The van der Waals surface area contributed by atoms with Crippen LogP contribution in [0.3, 0.4) is 0 Å². The highest BCUT2D eigenvalue weighted by molar-refractivity contribution is 5.85. The molecule has 1 unspecified atom stereocenters. The summed E-state index contributed by atoms with van der Waals surface area (Å²) in [6.07, 6.45) is 5.96. The molecular formula is C9H18N2O. The summed E-state index contributed by atoms with van der Waals surface area (Å²) in [6.45, 7) is 2.79. The number of nitrogens with two attached hydrogens (primary N) is 1. The van der Waals surface area contributed by atoms with E-state index >= 15 is 0 Å². The van der Waals surface area contributed by atoms with Crippen molar-refractivity contribution < 1.29 is 4.84 Å². The lowest BCUT2D eigenvalue weighted by molar-refractivity contribution is 0.0918. The van der Waals surface area contributed by atoms with Crippen molar-refractivity contribution in [1.29, 1.82) is 0 Å². The smallest absolute Gasteiger partial charge is 0.145 e. The van der Waals surface area contributed by atoms with Crippen molar-refractivity contribution in [3.63, 3.8) is 0 Å². The zero-order chi connectivity index (χ0) is 8.81. The maximum absolute atomic E-state index is 5.45. The van der Waals surface area contributed by atoms with Crippen molar-refractivity contribution in [2.45, 2.75) is 45.1 Å². The third kappa shape index (κ3) is 2.81. The van der Waals surface area contributed by atoms with E-state index in [2.05, 4.69) is 12.1 Å². The van der Waals surface area contributed by atoms with E-state index in [4.69, 9.17) is 10.6 Å². The second-order valence-electron chi connectivity index (χ2n) is 3.28. The Kier molecular flexibility index (Phi) is 4.08. The molecule has 70 valence electrons. The van der Waals surface area contributed by atoms with E-state index in [1.54, 1.807) is 0 Å². The van der Waals surface area contributed by atoms with Gasteiger partial charge in [-0.25, -0.2) is 0 Å². The van der Waals surface area contributed by atoms with Crippen molar-refractivity contribution in [2.75, 3.05) is 6.54 Å². The summed E-state index contributed by atoms with van der Waals surface area (Å²) < 4.78 is 0. The first-order chi connectivity index (χ1) is 5.86. The third-order valence-corrected chi connectivity index (χ3v) is 2.13. The summed E-state index contributed by atoms with van der Waals surface area (Å²) in [5.74, 6) is 0. The van der Waals surface area contributed by atoms with Crippen molar-refractivity contribution in [1.82, 2.24) is 0 Å². The van der Waals surface area contributed by atoms with Crippen LogP contribution in [0.5, 0.6) is 0 Å². The lowest BCUT2D eigenvalue weighted by Crippen LogP contribution is -2.19. The predicted octanol–water partition coefficient (Wildman–Crippen LogP) is 1.67. The molecule has 1 atom stereocenters. The molecule has 0 aliphatic carbocycles. The zero-order valence-corrected chi connectivity index (χ0v) is 7.75. The van der Waals surface area contributed by atoms with Gasteiger partial charge in [-0.3, -0.25) is 0 Å². The molecule has 0 aromatic heterocycles. The number of rotatable bonds is 5. The molecule has 0 saturated carbocycles. The molecule has 1 rings (SSSR count). The van der Waals surface area contributed by atoms with E-state index < -0.39 is 0 Å². The zero-order valence-electron chi connectivity index (χ0n) is 7.75. The second-order valence-corrected chi connectivity index (χ2v) is 3.28. The maximum Gasteiger partial charge on any atom is 0.145 e. The van der Waals surface area contributed by atoms with Gasteiger partial charge in [0.1, 0.15) is 6.10 Å². The Bertz CT molecular complexity index is 157. The van der Waals surface area contributed by atoms with Crippen LogP contribution in [0.4, 0.5) is 0 Å². The normalized spacial score (nSPS) is 22.2. The molecule has 12 heavy (non-hydrogen) atoms. The first-order valence-electron chi connectivity index (χ1n) is 4.78. The molecule has 0 saturated heterocycles. The fraction of sp³-hybridized carbons (Fsp3) is 0.889. The van der Waals surface area contributed by atoms with Gasteiger partial charge in [0.2, 0.25) is 0 Å². The van der Waals surface area contributed by atoms with Crippen LogP contribution in [0.15, 0.2) is 5.16 Å². The van der Waals surface area contributed by atoms with Gasteiger partial charge in [0.05, 0.1) is 5.71 Å². The Morgan fingerprint density at radius 3 is 3.00 bits per heavy atom. The van der Waals surface area contributed by atoms with Gasteiger partial charge in [0.25, 0.3) is 0 Å². The second kappa shape index (κ2) is 5.14. The summed E-state index contributed by atoms with van der Waals surface area (Å²) in [6, 6.07) is 0. The average Bonchev–Trinajstić information content (AvgIpc) is 2.53. The van der Waals surface area contributed by atoms with Crippen LogP contribution in [0.1, 0.15) is 39.0 Å². The van der Waals surface area contributed by atoms with Gasteiger partial charge < -0.3 is 10.6 Å². The van der Waals surface area contributed by atoms with E-state index in [1.807, 2.05) is 0 Å². The molecule has 0 aromatic carbocycles. The van der Waals surface area contributed by atoms with E-state index in [-0.39, 0.29) is 6.10 Å². The molecule has 0 spiro atoms. The fourth-order valence-corrected chi connectivity index (χ4v) is 1.34. The summed E-state index contributed by atoms with van der Waals surface area (Å²) in [5, 5.41) is 4.00. The molecule has 1 aliphatic rings. The molecule has 1 aliphatic heterocycles. The highest BCUT2D eigenvalue weighted by atomic mass is 16.6. The van der Waals surface area contributed by atoms with Gasteiger partial charge in [-0.05, 0) is 12.8 Å². The van der Waals surface area contributed by atoms with E-state index in [0.717, 1.165) is 12.8 Å². The Labute approximate surface area is 74.0 Å². The SMILES string of the molecule is CCCCCC1=NOC(CN)C1. The first kappa shape index (κ1) is 9.52. The molecule has 3 heteroatoms. The fourth-order valence-electron chi connectivity index (χ4n) is 1.34. The van der Waals surface area contributed by atoms with Crippen LogP contribution in [0.2, 0.25) is 0 Å². The quantitative estimate of drug-likeness (QED) is 0.638. The average molecular weight is 170 g/mol. The van der Waals surface area contributed by atoms with E-state index in [1.165, 1.54) is 25.0 Å². The standard InChI is InChI=1S/C9H18N2O/c1-2-3-4-5-8-6-9(7-10)12-11-8/h9H,2-7,10H2,1H3. The van der Waals surface area contributed by atoms with Crippen LogP contribution in [-0.2, 0) is 4.84 Å². The van der Waals surface area contributed by atoms with E-state index in [0.29, 0.717) is 6.54 Å². The lowest BCUT2D eigenvalue weighted by Gasteiger charge is -2.01. The number of nitrogens with zero attached hydrogens (tertiary/aromatic N) is 1. The minimum Gasteiger partial charge on any atom is -0.391 e. The Morgan fingerprint density at radius 2 is 2.42 bits per heavy atom. The van der Waals surface area contributed by atoms with Gasteiger partial charge >= 0.3 is 0 Å². The highest BCUT2D eigenvalue weighted by Crippen LogP contribution is 2.13. The summed E-state index contributed by atoms with van der Waals surface area (Å²) >= 11 is 0. The van der Waals surface area contributed by atoms with Gasteiger partial charge in [0.15, 0.2) is 0 Å². The molecule has 1 heterocycles. The first-order valence-corrected chi connectivity index (χ1v) is 4.78. The van der Waals surface area contributed by atoms with Crippen LogP contribution in [-0.4, -0.2) is 18.4 Å². The van der Waals surface area contributed by atoms with Gasteiger partial charge in [-0.1, -0.05) is 24.9 Å². The number of hydrogen-bond acceptors (Lipinski definition) is 3. The van der Waals surface area contributed by atoms with Crippen LogP contribution in [0, 0.1) is 0 Å². The molecule has 0 fully saturated rings. The van der Waals surface area contributed by atoms with Gasteiger partial charge in [0, 0.05) is 13.0 Å². The van der Waals surface area contributed by atoms with E-state index in [9.17, 15) is 0 Å². The minimum absolute atomic E-state index is 0.154. The monoisotopic (exact) mass is 170 g/mol. The minimum atomic E-state index is 0.154. The number of oxime groups is 1. The number of unbranched alkanes of at least 4 members (excludes halogenated alkanes) is 2. The third-order valence-electron chi connectivity index (χ3n) is 2.13. The van der Waals surface area contributed by atoms with Crippen molar-refractivity contribution in [2.24, 2.45) is 10.9 Å². The van der Waals surface area contributed by atoms with Crippen molar-refractivity contribution in [3.05, 3.63) is 0 Å². The van der Waals surface area contributed by atoms with Crippen molar-refractivity contribution in [3.8, 4) is 0 Å². The predicted molar refractivity (Wildman–Crippen MR) is 50.1 cm³/mol. The van der Waals surface area contributed by atoms with Crippen LogP contribution >= 0.6 is 0 Å².